The number of methoxy groups -OCH3 is 2. The van der Waals surface area contributed by atoms with E-state index in [-0.39, 0.29) is 17.3 Å². The van der Waals surface area contributed by atoms with Crippen molar-refractivity contribution in [2.24, 2.45) is 0 Å². The van der Waals surface area contributed by atoms with E-state index in [1.54, 1.807) is 42.3 Å². The predicted octanol–water partition coefficient (Wildman–Crippen LogP) is 2.93. The lowest BCUT2D eigenvalue weighted by atomic mass is 10.1. The van der Waals surface area contributed by atoms with E-state index in [0.717, 1.165) is 0 Å². The molecule has 2 aromatic carbocycles. The normalized spacial score (nSPS) is 14.2. The molecule has 9 nitrogen and oxygen atoms in total. The standard InChI is InChI=1S/C25H24FN5O4S/c1-34-20-7-6-17(13-21(20)35-2)24(33)30-10-8-29(9-11-30)15-19-14-22(32)31-25(27-19)36-23(28-31)16-4-3-5-18(26)12-16/h3-7,12-14H,8-11,15H2,1-2H3. The van der Waals surface area contributed by atoms with Gasteiger partial charge in [-0.05, 0) is 30.3 Å². The summed E-state index contributed by atoms with van der Waals surface area (Å²) in [6.45, 7) is 2.89. The van der Waals surface area contributed by atoms with E-state index in [2.05, 4.69) is 15.0 Å². The molecule has 1 fully saturated rings. The molecule has 5 rings (SSSR count). The van der Waals surface area contributed by atoms with Gasteiger partial charge in [-0.15, -0.1) is 0 Å². The third-order valence-corrected chi connectivity index (χ3v) is 7.00. The van der Waals surface area contributed by atoms with E-state index < -0.39 is 0 Å². The molecule has 1 amide bonds. The van der Waals surface area contributed by atoms with Crippen molar-refractivity contribution < 1.29 is 18.7 Å². The predicted molar refractivity (Wildman–Crippen MR) is 133 cm³/mol. The second kappa shape index (κ2) is 10.0. The molecule has 0 spiro atoms. The fourth-order valence-electron chi connectivity index (χ4n) is 4.17. The van der Waals surface area contributed by atoms with Crippen molar-refractivity contribution in [3.63, 3.8) is 0 Å². The van der Waals surface area contributed by atoms with E-state index in [1.165, 1.54) is 41.2 Å². The van der Waals surface area contributed by atoms with Crippen LogP contribution in [0, 0.1) is 5.82 Å². The Balaban J connectivity index is 1.26. The van der Waals surface area contributed by atoms with Gasteiger partial charge in [0.05, 0.1) is 19.9 Å². The quantitative estimate of drug-likeness (QED) is 0.395. The summed E-state index contributed by atoms with van der Waals surface area (Å²) in [4.78, 5) is 34.7. The lowest BCUT2D eigenvalue weighted by molar-refractivity contribution is 0.0626. The van der Waals surface area contributed by atoms with Crippen LogP contribution in [-0.4, -0.2) is 70.7 Å². The van der Waals surface area contributed by atoms with Gasteiger partial charge in [-0.25, -0.2) is 9.37 Å². The van der Waals surface area contributed by atoms with Crippen LogP contribution in [0.5, 0.6) is 11.5 Å². The minimum atomic E-state index is -0.364. The van der Waals surface area contributed by atoms with Gasteiger partial charge in [-0.2, -0.15) is 9.61 Å². The summed E-state index contributed by atoms with van der Waals surface area (Å²) in [5.74, 6) is 0.654. The highest BCUT2D eigenvalue weighted by Crippen LogP contribution is 2.28. The summed E-state index contributed by atoms with van der Waals surface area (Å²) in [5.41, 5.74) is 1.49. The molecule has 1 saturated heterocycles. The molecule has 1 aliphatic heterocycles. The van der Waals surface area contributed by atoms with Crippen molar-refractivity contribution in [1.29, 1.82) is 0 Å². The number of carbonyl (C=O) groups excluding carboxylic acids is 1. The van der Waals surface area contributed by atoms with Crippen LogP contribution in [0.25, 0.3) is 15.5 Å². The summed E-state index contributed by atoms with van der Waals surface area (Å²) in [6, 6.07) is 12.7. The van der Waals surface area contributed by atoms with Crippen LogP contribution in [0.2, 0.25) is 0 Å². The molecule has 0 radical (unpaired) electrons. The summed E-state index contributed by atoms with van der Waals surface area (Å²) in [6.07, 6.45) is 0. The van der Waals surface area contributed by atoms with Crippen LogP contribution in [-0.2, 0) is 6.54 Å². The molecule has 0 unspecified atom stereocenters. The Bertz CT molecular complexity index is 1480. The van der Waals surface area contributed by atoms with Crippen molar-refractivity contribution in [3.8, 4) is 22.1 Å². The average molecular weight is 510 g/mol. The first-order valence-electron chi connectivity index (χ1n) is 11.3. The largest absolute Gasteiger partial charge is 0.493 e. The van der Waals surface area contributed by atoms with E-state index in [1.807, 2.05) is 0 Å². The average Bonchev–Trinajstić information content (AvgIpc) is 3.33. The Morgan fingerprint density at radius 3 is 2.53 bits per heavy atom. The van der Waals surface area contributed by atoms with E-state index >= 15 is 0 Å². The van der Waals surface area contributed by atoms with Crippen LogP contribution in [0.4, 0.5) is 4.39 Å². The smallest absolute Gasteiger partial charge is 0.275 e. The van der Waals surface area contributed by atoms with Crippen molar-refractivity contribution in [1.82, 2.24) is 24.4 Å². The Labute approximate surface area is 210 Å². The second-order valence-electron chi connectivity index (χ2n) is 8.34. The van der Waals surface area contributed by atoms with E-state index in [4.69, 9.17) is 9.47 Å². The third kappa shape index (κ3) is 4.79. The van der Waals surface area contributed by atoms with Gasteiger partial charge in [0.25, 0.3) is 11.5 Å². The van der Waals surface area contributed by atoms with Gasteiger partial charge in [-0.1, -0.05) is 23.5 Å². The number of halogens is 1. The minimum Gasteiger partial charge on any atom is -0.493 e. The molecule has 0 N–H and O–H groups in total. The molecule has 1 aliphatic rings. The number of fused-ring (bicyclic) bond motifs is 1. The fourth-order valence-corrected chi connectivity index (χ4v) is 5.09. The molecule has 186 valence electrons. The van der Waals surface area contributed by atoms with Crippen LogP contribution in [0.3, 0.4) is 0 Å². The van der Waals surface area contributed by atoms with Gasteiger partial charge in [0.1, 0.15) is 10.8 Å². The lowest BCUT2D eigenvalue weighted by Gasteiger charge is -2.34. The zero-order valence-corrected chi connectivity index (χ0v) is 20.6. The van der Waals surface area contributed by atoms with Crippen LogP contribution < -0.4 is 15.0 Å². The monoisotopic (exact) mass is 509 g/mol. The van der Waals surface area contributed by atoms with Crippen molar-refractivity contribution in [2.45, 2.75) is 6.54 Å². The van der Waals surface area contributed by atoms with E-state index in [9.17, 15) is 14.0 Å². The number of rotatable bonds is 6. The molecule has 2 aromatic heterocycles. The van der Waals surface area contributed by atoms with Crippen molar-refractivity contribution in [3.05, 3.63) is 76.0 Å². The molecule has 3 heterocycles. The van der Waals surface area contributed by atoms with Crippen LogP contribution in [0.1, 0.15) is 16.1 Å². The Kier molecular flexibility index (Phi) is 6.66. The molecule has 0 saturated carbocycles. The molecule has 0 bridgehead atoms. The first kappa shape index (κ1) is 23.9. The zero-order valence-electron chi connectivity index (χ0n) is 19.8. The van der Waals surface area contributed by atoms with Crippen LogP contribution >= 0.6 is 11.3 Å². The first-order chi connectivity index (χ1) is 17.4. The number of aromatic nitrogens is 3. The van der Waals surface area contributed by atoms with Crippen molar-refractivity contribution >= 4 is 22.2 Å². The molecule has 36 heavy (non-hydrogen) atoms. The van der Waals surface area contributed by atoms with Crippen LogP contribution in [0.15, 0.2) is 53.3 Å². The molecule has 11 heteroatoms. The number of hydrogen-bond donors (Lipinski definition) is 0. The zero-order chi connectivity index (χ0) is 25.2. The maximum absolute atomic E-state index is 13.6. The molecule has 4 aromatic rings. The number of amides is 1. The Hall–Kier alpha value is -3.83. The topological polar surface area (TPSA) is 89.3 Å². The molecular formula is C25H24FN5O4S. The number of hydrogen-bond acceptors (Lipinski definition) is 8. The highest BCUT2D eigenvalue weighted by Gasteiger charge is 2.24. The van der Waals surface area contributed by atoms with Gasteiger partial charge in [-0.3, -0.25) is 14.5 Å². The Morgan fingerprint density at radius 1 is 1.03 bits per heavy atom. The maximum Gasteiger partial charge on any atom is 0.275 e. The summed E-state index contributed by atoms with van der Waals surface area (Å²) < 4.78 is 25.4. The fraction of sp³-hybridized carbons (Fsp3) is 0.280. The van der Waals surface area contributed by atoms with E-state index in [0.29, 0.717) is 71.0 Å². The number of nitrogens with zero attached hydrogens (tertiary/aromatic N) is 5. The number of piperazine rings is 1. The highest BCUT2D eigenvalue weighted by molar-refractivity contribution is 7.19. The van der Waals surface area contributed by atoms with Gasteiger partial charge in [0, 0.05) is 49.9 Å². The highest BCUT2D eigenvalue weighted by atomic mass is 32.1. The minimum absolute atomic E-state index is 0.0667. The molecule has 0 atom stereocenters. The number of carbonyl (C=O) groups is 1. The molecule has 0 aliphatic carbocycles. The second-order valence-corrected chi connectivity index (χ2v) is 9.29. The van der Waals surface area contributed by atoms with Gasteiger partial charge in [0.15, 0.2) is 11.5 Å². The SMILES string of the molecule is COc1ccc(C(=O)N2CCN(Cc3cc(=O)n4nc(-c5cccc(F)c5)sc4n3)CC2)cc1OC. The first-order valence-corrected chi connectivity index (χ1v) is 12.2. The summed E-state index contributed by atoms with van der Waals surface area (Å²) in [5, 5.41) is 4.84. The molecular weight excluding hydrogens is 485 g/mol. The van der Waals surface area contributed by atoms with Gasteiger partial charge < -0.3 is 14.4 Å². The lowest BCUT2D eigenvalue weighted by Crippen LogP contribution is -2.48. The van der Waals surface area contributed by atoms with Gasteiger partial charge >= 0.3 is 0 Å². The number of benzene rings is 2. The summed E-state index contributed by atoms with van der Waals surface area (Å²) in [7, 11) is 3.09. The van der Waals surface area contributed by atoms with Gasteiger partial charge in [0.2, 0.25) is 4.96 Å². The Morgan fingerprint density at radius 2 is 1.81 bits per heavy atom. The van der Waals surface area contributed by atoms with Crippen molar-refractivity contribution in [2.75, 3.05) is 40.4 Å². The third-order valence-electron chi connectivity index (χ3n) is 6.05. The summed E-state index contributed by atoms with van der Waals surface area (Å²) >= 11 is 1.24. The number of ether oxygens (including phenoxy) is 2. The maximum atomic E-state index is 13.6.